The average Bonchev–Trinajstić information content (AvgIpc) is 2.21. The smallest absolute Gasteiger partial charge is 0.316 e. The lowest BCUT2D eigenvalue weighted by atomic mass is 10.3. The second-order valence-corrected chi connectivity index (χ2v) is 3.36. The van der Waals surface area contributed by atoms with E-state index >= 15 is 0 Å². The standard InChI is InChI=1S/C10H13N3O3/c1-8(6-11-2)7-12-5-3-4-9(10(12)14)13(15)16/h3-5,11H,1,6-7H2,2H3. The van der Waals surface area contributed by atoms with Gasteiger partial charge in [-0.25, -0.2) is 0 Å². The molecule has 0 aliphatic rings. The Labute approximate surface area is 92.4 Å². The Kier molecular flexibility index (Phi) is 3.96. The lowest BCUT2D eigenvalue weighted by molar-refractivity contribution is -0.386. The quantitative estimate of drug-likeness (QED) is 0.449. The maximum absolute atomic E-state index is 11.6. The number of likely N-dealkylation sites (N-methyl/N-ethyl adjacent to an activating group) is 1. The number of aromatic nitrogens is 1. The average molecular weight is 223 g/mol. The van der Waals surface area contributed by atoms with Gasteiger partial charge in [-0.1, -0.05) is 6.58 Å². The van der Waals surface area contributed by atoms with Crippen molar-refractivity contribution in [2.75, 3.05) is 13.6 Å². The topological polar surface area (TPSA) is 77.2 Å². The van der Waals surface area contributed by atoms with Crippen molar-refractivity contribution in [2.24, 2.45) is 0 Å². The van der Waals surface area contributed by atoms with Crippen molar-refractivity contribution in [3.05, 3.63) is 50.9 Å². The fourth-order valence-electron chi connectivity index (χ4n) is 1.33. The highest BCUT2D eigenvalue weighted by Gasteiger charge is 2.13. The van der Waals surface area contributed by atoms with Crippen molar-refractivity contribution in [1.29, 1.82) is 0 Å². The number of hydrogen-bond acceptors (Lipinski definition) is 4. The van der Waals surface area contributed by atoms with Crippen molar-refractivity contribution < 1.29 is 4.92 Å². The Morgan fingerprint density at radius 2 is 2.38 bits per heavy atom. The van der Waals surface area contributed by atoms with Crippen LogP contribution in [0.15, 0.2) is 35.3 Å². The summed E-state index contributed by atoms with van der Waals surface area (Å²) < 4.78 is 1.28. The molecule has 0 aliphatic carbocycles. The SMILES string of the molecule is C=C(CNC)Cn1cccc([N+](=O)[O-])c1=O. The molecule has 0 amide bonds. The van der Waals surface area contributed by atoms with Gasteiger partial charge < -0.3 is 9.88 Å². The molecule has 86 valence electrons. The van der Waals surface area contributed by atoms with Gasteiger partial charge in [0.2, 0.25) is 0 Å². The largest absolute Gasteiger partial charge is 0.334 e. The normalized spacial score (nSPS) is 10.1. The molecule has 6 heteroatoms. The Balaban J connectivity index is 2.98. The van der Waals surface area contributed by atoms with Gasteiger partial charge in [0.15, 0.2) is 0 Å². The summed E-state index contributed by atoms with van der Waals surface area (Å²) in [4.78, 5) is 21.5. The van der Waals surface area contributed by atoms with Gasteiger partial charge >= 0.3 is 11.2 Å². The fraction of sp³-hybridized carbons (Fsp3) is 0.300. The minimum Gasteiger partial charge on any atom is -0.316 e. The third kappa shape index (κ3) is 2.77. The maximum atomic E-state index is 11.6. The minimum absolute atomic E-state index is 0.279. The zero-order chi connectivity index (χ0) is 12.1. The predicted molar refractivity (Wildman–Crippen MR) is 60.4 cm³/mol. The zero-order valence-electron chi connectivity index (χ0n) is 8.97. The van der Waals surface area contributed by atoms with E-state index in [1.165, 1.54) is 22.9 Å². The molecule has 1 aromatic rings. The first kappa shape index (κ1) is 12.1. The maximum Gasteiger partial charge on any atom is 0.334 e. The van der Waals surface area contributed by atoms with E-state index in [0.717, 1.165) is 5.57 Å². The number of nitrogens with one attached hydrogen (secondary N) is 1. The minimum atomic E-state index is -0.681. The van der Waals surface area contributed by atoms with Crippen LogP contribution in [0.25, 0.3) is 0 Å². The summed E-state index contributed by atoms with van der Waals surface area (Å²) in [6.45, 7) is 4.61. The third-order valence-electron chi connectivity index (χ3n) is 2.02. The van der Waals surface area contributed by atoms with E-state index in [1.807, 2.05) is 0 Å². The summed E-state index contributed by atoms with van der Waals surface area (Å²) in [7, 11) is 1.77. The monoisotopic (exact) mass is 223 g/mol. The van der Waals surface area contributed by atoms with E-state index in [9.17, 15) is 14.9 Å². The molecule has 0 spiro atoms. The van der Waals surface area contributed by atoms with E-state index < -0.39 is 16.2 Å². The van der Waals surface area contributed by atoms with Gasteiger partial charge in [-0.05, 0) is 18.7 Å². The number of rotatable bonds is 5. The van der Waals surface area contributed by atoms with E-state index in [1.54, 1.807) is 7.05 Å². The Hall–Kier alpha value is -1.95. The van der Waals surface area contributed by atoms with E-state index in [2.05, 4.69) is 11.9 Å². The van der Waals surface area contributed by atoms with E-state index in [0.29, 0.717) is 6.54 Å². The van der Waals surface area contributed by atoms with Gasteiger partial charge in [-0.3, -0.25) is 14.9 Å². The molecule has 0 unspecified atom stereocenters. The summed E-state index contributed by atoms with van der Waals surface area (Å²) >= 11 is 0. The van der Waals surface area contributed by atoms with Crippen LogP contribution < -0.4 is 10.9 Å². The zero-order valence-corrected chi connectivity index (χ0v) is 8.97. The number of hydrogen-bond donors (Lipinski definition) is 1. The molecule has 0 saturated heterocycles. The second kappa shape index (κ2) is 5.22. The van der Waals surface area contributed by atoms with Crippen LogP contribution >= 0.6 is 0 Å². The van der Waals surface area contributed by atoms with Gasteiger partial charge in [-0.15, -0.1) is 0 Å². The first-order chi connectivity index (χ1) is 7.56. The van der Waals surface area contributed by atoms with Crippen LogP contribution in [0.1, 0.15) is 0 Å². The summed E-state index contributed by atoms with van der Waals surface area (Å²) in [6.07, 6.45) is 1.51. The van der Waals surface area contributed by atoms with E-state index in [4.69, 9.17) is 0 Å². The Morgan fingerprint density at radius 3 is 2.94 bits per heavy atom. The number of nitrogens with zero attached hydrogens (tertiary/aromatic N) is 2. The molecule has 0 aromatic carbocycles. The molecule has 0 aliphatic heterocycles. The second-order valence-electron chi connectivity index (χ2n) is 3.36. The van der Waals surface area contributed by atoms with Crippen LogP contribution in [0, 0.1) is 10.1 Å². The third-order valence-corrected chi connectivity index (χ3v) is 2.02. The van der Waals surface area contributed by atoms with Crippen LogP contribution in [0.4, 0.5) is 5.69 Å². The van der Waals surface area contributed by atoms with Crippen LogP contribution in [0.3, 0.4) is 0 Å². The highest BCUT2D eigenvalue weighted by molar-refractivity contribution is 5.25. The molecule has 6 nitrogen and oxygen atoms in total. The molecular formula is C10H13N3O3. The van der Waals surface area contributed by atoms with Crippen molar-refractivity contribution in [1.82, 2.24) is 9.88 Å². The molecule has 1 heterocycles. The molecule has 0 bridgehead atoms. The van der Waals surface area contributed by atoms with Crippen molar-refractivity contribution in [3.63, 3.8) is 0 Å². The van der Waals surface area contributed by atoms with Gasteiger partial charge in [-0.2, -0.15) is 0 Å². The summed E-state index contributed by atoms with van der Waals surface area (Å²) in [6, 6.07) is 2.67. The molecule has 1 aromatic heterocycles. The molecule has 0 saturated carbocycles. The van der Waals surface area contributed by atoms with Gasteiger partial charge in [0.05, 0.1) is 4.92 Å². The Morgan fingerprint density at radius 1 is 1.69 bits per heavy atom. The summed E-state index contributed by atoms with van der Waals surface area (Å²) in [5, 5.41) is 13.4. The molecule has 1 N–H and O–H groups in total. The van der Waals surface area contributed by atoms with Gasteiger partial charge in [0.1, 0.15) is 0 Å². The first-order valence-corrected chi connectivity index (χ1v) is 4.71. The van der Waals surface area contributed by atoms with Gasteiger partial charge in [0.25, 0.3) is 0 Å². The first-order valence-electron chi connectivity index (χ1n) is 4.71. The van der Waals surface area contributed by atoms with Crippen molar-refractivity contribution in [2.45, 2.75) is 6.54 Å². The van der Waals surface area contributed by atoms with Crippen molar-refractivity contribution >= 4 is 5.69 Å². The fourth-order valence-corrected chi connectivity index (χ4v) is 1.33. The highest BCUT2D eigenvalue weighted by atomic mass is 16.6. The predicted octanol–water partition coefficient (Wildman–Crippen LogP) is 0.532. The lowest BCUT2D eigenvalue weighted by Crippen LogP contribution is -2.24. The van der Waals surface area contributed by atoms with Crippen molar-refractivity contribution in [3.8, 4) is 0 Å². The Bertz CT molecular complexity index is 465. The van der Waals surface area contributed by atoms with Crippen LogP contribution in [0.2, 0.25) is 0 Å². The lowest BCUT2D eigenvalue weighted by Gasteiger charge is -2.07. The van der Waals surface area contributed by atoms with E-state index in [-0.39, 0.29) is 6.54 Å². The number of nitro groups is 1. The highest BCUT2D eigenvalue weighted by Crippen LogP contribution is 2.03. The van der Waals surface area contributed by atoms with Gasteiger partial charge in [0, 0.05) is 25.4 Å². The number of pyridine rings is 1. The molecule has 0 fully saturated rings. The van der Waals surface area contributed by atoms with Crippen LogP contribution in [0.5, 0.6) is 0 Å². The summed E-state index contributed by atoms with van der Waals surface area (Å²) in [5.41, 5.74) is -0.241. The molecule has 0 atom stereocenters. The molecule has 16 heavy (non-hydrogen) atoms. The van der Waals surface area contributed by atoms with Crippen LogP contribution in [-0.4, -0.2) is 23.1 Å². The van der Waals surface area contributed by atoms with Crippen LogP contribution in [-0.2, 0) is 6.54 Å². The molecule has 1 rings (SSSR count). The summed E-state index contributed by atoms with van der Waals surface area (Å²) in [5.74, 6) is 0. The molecular weight excluding hydrogens is 210 g/mol. The molecule has 0 radical (unpaired) electrons.